The molecule has 0 aliphatic rings. The summed E-state index contributed by atoms with van der Waals surface area (Å²) in [6.45, 7) is 0. The summed E-state index contributed by atoms with van der Waals surface area (Å²) in [6.07, 6.45) is -5.00. The molecule has 0 fully saturated rings. The maximum absolute atomic E-state index is 12.2. The summed E-state index contributed by atoms with van der Waals surface area (Å²) < 4.78 is 36.7. The van der Waals surface area contributed by atoms with Crippen molar-refractivity contribution in [2.45, 2.75) is 6.18 Å². The molecule has 2 rings (SSSR count). The number of carbonyl (C=O) groups is 2. The van der Waals surface area contributed by atoms with Gasteiger partial charge in [-0.3, -0.25) is 9.59 Å². The van der Waals surface area contributed by atoms with Crippen molar-refractivity contribution < 1.29 is 22.8 Å². The summed E-state index contributed by atoms with van der Waals surface area (Å²) in [5, 5.41) is 4.65. The smallest absolute Gasteiger partial charge is 0.322 e. The molecular formula is C15H9Cl2F3N2O2. The van der Waals surface area contributed by atoms with Gasteiger partial charge in [0.2, 0.25) is 0 Å². The minimum absolute atomic E-state index is 0.107. The zero-order chi connectivity index (χ0) is 17.9. The summed E-state index contributed by atoms with van der Waals surface area (Å²) in [6, 6.07) is 9.54. The van der Waals surface area contributed by atoms with Gasteiger partial charge in [0.1, 0.15) is 0 Å². The number of nitrogens with one attached hydrogen (secondary N) is 2. The summed E-state index contributed by atoms with van der Waals surface area (Å²) >= 11 is 11.6. The highest BCUT2D eigenvalue weighted by molar-refractivity contribution is 6.42. The van der Waals surface area contributed by atoms with E-state index in [1.807, 2.05) is 0 Å². The molecular weight excluding hydrogens is 368 g/mol. The number of benzene rings is 2. The van der Waals surface area contributed by atoms with E-state index in [2.05, 4.69) is 5.32 Å². The lowest BCUT2D eigenvalue weighted by Crippen LogP contribution is -2.29. The molecule has 0 bridgehead atoms. The predicted molar refractivity (Wildman–Crippen MR) is 85.5 cm³/mol. The van der Waals surface area contributed by atoms with E-state index < -0.39 is 18.0 Å². The summed E-state index contributed by atoms with van der Waals surface area (Å²) in [5.74, 6) is -2.64. The third kappa shape index (κ3) is 4.62. The number of halogens is 5. The van der Waals surface area contributed by atoms with Crippen LogP contribution < -0.4 is 10.6 Å². The first kappa shape index (κ1) is 18.1. The van der Waals surface area contributed by atoms with Gasteiger partial charge >= 0.3 is 12.1 Å². The standard InChI is InChI=1S/C15H9Cl2F3N2O2/c16-11-5-4-8(6-12(11)17)13(23)21-9-2-1-3-10(7-9)22-14(24)15(18,19)20/h1-7H,(H,21,23)(H,22,24). The van der Waals surface area contributed by atoms with Crippen molar-refractivity contribution in [2.75, 3.05) is 10.6 Å². The van der Waals surface area contributed by atoms with Crippen LogP contribution in [0.2, 0.25) is 10.0 Å². The lowest BCUT2D eigenvalue weighted by Gasteiger charge is -2.10. The lowest BCUT2D eigenvalue weighted by molar-refractivity contribution is -0.167. The van der Waals surface area contributed by atoms with Gasteiger partial charge in [-0.05, 0) is 36.4 Å². The molecule has 0 aromatic heterocycles. The second kappa shape index (κ2) is 7.11. The van der Waals surface area contributed by atoms with E-state index in [1.54, 1.807) is 5.32 Å². The molecule has 0 saturated carbocycles. The molecule has 0 aliphatic carbocycles. The van der Waals surface area contributed by atoms with Gasteiger partial charge in [0.15, 0.2) is 0 Å². The number of carbonyl (C=O) groups excluding carboxylic acids is 2. The molecule has 0 saturated heterocycles. The van der Waals surface area contributed by atoms with Crippen molar-refractivity contribution >= 4 is 46.4 Å². The minimum Gasteiger partial charge on any atom is -0.322 e. The van der Waals surface area contributed by atoms with Gasteiger partial charge in [0, 0.05) is 16.9 Å². The number of anilines is 2. The average molecular weight is 377 g/mol. The highest BCUT2D eigenvalue weighted by Gasteiger charge is 2.38. The Kier molecular flexibility index (Phi) is 5.36. The SMILES string of the molecule is O=C(Nc1cccc(NC(=O)C(F)(F)F)c1)c1ccc(Cl)c(Cl)c1. The fraction of sp³-hybridized carbons (Fsp3) is 0.0667. The lowest BCUT2D eigenvalue weighted by atomic mass is 10.2. The maximum atomic E-state index is 12.2. The van der Waals surface area contributed by atoms with E-state index in [0.717, 1.165) is 0 Å². The highest BCUT2D eigenvalue weighted by Crippen LogP contribution is 2.24. The van der Waals surface area contributed by atoms with Gasteiger partial charge in [-0.2, -0.15) is 13.2 Å². The van der Waals surface area contributed by atoms with Crippen LogP contribution in [0.4, 0.5) is 24.5 Å². The van der Waals surface area contributed by atoms with E-state index >= 15 is 0 Å². The molecule has 4 nitrogen and oxygen atoms in total. The average Bonchev–Trinajstić information content (AvgIpc) is 2.49. The van der Waals surface area contributed by atoms with Gasteiger partial charge in [-0.1, -0.05) is 29.3 Å². The molecule has 9 heteroatoms. The number of hydrogen-bond donors (Lipinski definition) is 2. The molecule has 2 N–H and O–H groups in total. The van der Waals surface area contributed by atoms with Crippen LogP contribution in [0, 0.1) is 0 Å². The van der Waals surface area contributed by atoms with Crippen LogP contribution in [0.25, 0.3) is 0 Å². The number of alkyl halides is 3. The van der Waals surface area contributed by atoms with E-state index in [-0.39, 0.29) is 27.0 Å². The third-order valence-corrected chi connectivity index (χ3v) is 3.56. The minimum atomic E-state index is -5.00. The van der Waals surface area contributed by atoms with Crippen LogP contribution in [-0.4, -0.2) is 18.0 Å². The predicted octanol–water partition coefficient (Wildman–Crippen LogP) is 4.75. The Morgan fingerprint density at radius 3 is 2.08 bits per heavy atom. The molecule has 2 amide bonds. The molecule has 2 aromatic rings. The normalized spacial score (nSPS) is 11.0. The molecule has 126 valence electrons. The fourth-order valence-corrected chi connectivity index (χ4v) is 2.02. The summed E-state index contributed by atoms with van der Waals surface area (Å²) in [7, 11) is 0. The quantitative estimate of drug-likeness (QED) is 0.812. The second-order valence-electron chi connectivity index (χ2n) is 4.62. The number of amides is 2. The van der Waals surface area contributed by atoms with E-state index in [0.29, 0.717) is 0 Å². The van der Waals surface area contributed by atoms with Crippen molar-refractivity contribution in [3.63, 3.8) is 0 Å². The first-order valence-corrected chi connectivity index (χ1v) is 7.17. The molecule has 0 spiro atoms. The van der Waals surface area contributed by atoms with Crippen LogP contribution in [0.3, 0.4) is 0 Å². The molecule has 0 heterocycles. The largest absolute Gasteiger partial charge is 0.471 e. The Morgan fingerprint density at radius 2 is 1.50 bits per heavy atom. The van der Waals surface area contributed by atoms with Gasteiger partial charge < -0.3 is 10.6 Å². The van der Waals surface area contributed by atoms with Crippen molar-refractivity contribution in [1.82, 2.24) is 0 Å². The van der Waals surface area contributed by atoms with Crippen molar-refractivity contribution in [3.8, 4) is 0 Å². The number of rotatable bonds is 3. The molecule has 0 unspecified atom stereocenters. The monoisotopic (exact) mass is 376 g/mol. The summed E-state index contributed by atoms with van der Waals surface area (Å²) in [4.78, 5) is 23.0. The van der Waals surface area contributed by atoms with Gasteiger partial charge in [-0.15, -0.1) is 0 Å². The Labute approximate surface area is 144 Å². The van der Waals surface area contributed by atoms with Gasteiger partial charge in [-0.25, -0.2) is 0 Å². The van der Waals surface area contributed by atoms with Gasteiger partial charge in [0.05, 0.1) is 10.0 Å². The third-order valence-electron chi connectivity index (χ3n) is 2.82. The Bertz CT molecular complexity index is 795. The maximum Gasteiger partial charge on any atom is 0.471 e. The Morgan fingerprint density at radius 1 is 0.875 bits per heavy atom. The second-order valence-corrected chi connectivity index (χ2v) is 5.43. The topological polar surface area (TPSA) is 58.2 Å². The van der Waals surface area contributed by atoms with Crippen LogP contribution >= 0.6 is 23.2 Å². The zero-order valence-corrected chi connectivity index (χ0v) is 13.3. The molecule has 0 atom stereocenters. The van der Waals surface area contributed by atoms with Crippen molar-refractivity contribution in [1.29, 1.82) is 0 Å². The van der Waals surface area contributed by atoms with Crippen LogP contribution in [0.1, 0.15) is 10.4 Å². The zero-order valence-electron chi connectivity index (χ0n) is 11.7. The molecule has 0 aliphatic heterocycles. The fourth-order valence-electron chi connectivity index (χ4n) is 1.72. The molecule has 0 radical (unpaired) electrons. The summed E-state index contributed by atoms with van der Waals surface area (Å²) in [5.41, 5.74) is 0.310. The highest BCUT2D eigenvalue weighted by atomic mass is 35.5. The van der Waals surface area contributed by atoms with Crippen molar-refractivity contribution in [2.24, 2.45) is 0 Å². The first-order chi connectivity index (χ1) is 11.2. The Hall–Kier alpha value is -2.25. The van der Waals surface area contributed by atoms with E-state index in [1.165, 1.54) is 42.5 Å². The Balaban J connectivity index is 2.13. The molecule has 24 heavy (non-hydrogen) atoms. The first-order valence-electron chi connectivity index (χ1n) is 6.41. The van der Waals surface area contributed by atoms with E-state index in [9.17, 15) is 22.8 Å². The van der Waals surface area contributed by atoms with Crippen LogP contribution in [0.5, 0.6) is 0 Å². The molecule has 2 aromatic carbocycles. The van der Waals surface area contributed by atoms with E-state index in [4.69, 9.17) is 23.2 Å². The van der Waals surface area contributed by atoms with Crippen LogP contribution in [0.15, 0.2) is 42.5 Å². The van der Waals surface area contributed by atoms with Crippen molar-refractivity contribution in [3.05, 3.63) is 58.1 Å². The number of hydrogen-bond acceptors (Lipinski definition) is 2. The van der Waals surface area contributed by atoms with Gasteiger partial charge in [0.25, 0.3) is 5.91 Å². The van der Waals surface area contributed by atoms with Crippen LogP contribution in [-0.2, 0) is 4.79 Å².